The summed E-state index contributed by atoms with van der Waals surface area (Å²) in [6.45, 7) is 1.35. The molecular formula is C15H19BrO3. The van der Waals surface area contributed by atoms with Gasteiger partial charge in [0.05, 0.1) is 12.2 Å². The molecule has 0 unspecified atom stereocenters. The Bertz CT molecular complexity index is 439. The molecule has 0 spiro atoms. The standard InChI is InChI=1S/C15H19BrO3/c16-14-8-12(15(17)18)6-7-13(14)10-19-9-11-4-2-1-3-5-11/h6-8,11H,1-5,9-10H2,(H,17,18). The van der Waals surface area contributed by atoms with Crippen LogP contribution < -0.4 is 0 Å². The molecule has 0 bridgehead atoms. The van der Waals surface area contributed by atoms with Gasteiger partial charge in [0.15, 0.2) is 0 Å². The van der Waals surface area contributed by atoms with E-state index in [0.29, 0.717) is 18.1 Å². The highest BCUT2D eigenvalue weighted by atomic mass is 79.9. The fraction of sp³-hybridized carbons (Fsp3) is 0.533. The van der Waals surface area contributed by atoms with Gasteiger partial charge in [0, 0.05) is 11.1 Å². The minimum absolute atomic E-state index is 0.294. The Balaban J connectivity index is 1.83. The minimum atomic E-state index is -0.907. The Morgan fingerprint density at radius 2 is 2.05 bits per heavy atom. The maximum Gasteiger partial charge on any atom is 0.335 e. The molecule has 0 atom stereocenters. The van der Waals surface area contributed by atoms with E-state index in [9.17, 15) is 4.79 Å². The first kappa shape index (κ1) is 14.5. The summed E-state index contributed by atoms with van der Waals surface area (Å²) in [6.07, 6.45) is 6.56. The average Bonchev–Trinajstić information content (AvgIpc) is 2.41. The molecule has 1 fully saturated rings. The number of carbonyl (C=O) groups is 1. The quantitative estimate of drug-likeness (QED) is 0.880. The molecule has 0 aromatic heterocycles. The number of aromatic carboxylic acids is 1. The van der Waals surface area contributed by atoms with Gasteiger partial charge in [-0.25, -0.2) is 4.79 Å². The third kappa shape index (κ3) is 4.32. The summed E-state index contributed by atoms with van der Waals surface area (Å²) < 4.78 is 6.56. The van der Waals surface area contributed by atoms with E-state index in [1.807, 2.05) is 6.07 Å². The third-order valence-corrected chi connectivity index (χ3v) is 4.37. The van der Waals surface area contributed by atoms with Gasteiger partial charge in [-0.1, -0.05) is 41.3 Å². The maximum atomic E-state index is 10.8. The van der Waals surface area contributed by atoms with Gasteiger partial charge < -0.3 is 9.84 Å². The van der Waals surface area contributed by atoms with Crippen LogP contribution in [0, 0.1) is 5.92 Å². The summed E-state index contributed by atoms with van der Waals surface area (Å²) in [4.78, 5) is 10.8. The molecular weight excluding hydrogens is 308 g/mol. The van der Waals surface area contributed by atoms with Gasteiger partial charge in [-0.3, -0.25) is 0 Å². The second kappa shape index (κ2) is 7.06. The van der Waals surface area contributed by atoms with Crippen LogP contribution in [0.15, 0.2) is 22.7 Å². The average molecular weight is 327 g/mol. The van der Waals surface area contributed by atoms with Crippen molar-refractivity contribution in [2.24, 2.45) is 5.92 Å². The molecule has 1 aliphatic carbocycles. The van der Waals surface area contributed by atoms with Crippen LogP contribution >= 0.6 is 15.9 Å². The molecule has 1 aromatic carbocycles. The topological polar surface area (TPSA) is 46.5 Å². The first-order chi connectivity index (χ1) is 9.16. The molecule has 0 saturated heterocycles. The first-order valence-electron chi connectivity index (χ1n) is 6.76. The second-order valence-corrected chi connectivity index (χ2v) is 5.98. The fourth-order valence-electron chi connectivity index (χ4n) is 2.49. The zero-order valence-corrected chi connectivity index (χ0v) is 12.5. The van der Waals surface area contributed by atoms with Crippen LogP contribution in [0.5, 0.6) is 0 Å². The number of hydrogen-bond donors (Lipinski definition) is 1. The van der Waals surface area contributed by atoms with Crippen LogP contribution in [0.3, 0.4) is 0 Å². The Hall–Kier alpha value is -0.870. The molecule has 0 aliphatic heterocycles. The summed E-state index contributed by atoms with van der Waals surface area (Å²) >= 11 is 3.40. The van der Waals surface area contributed by atoms with Crippen molar-refractivity contribution in [3.8, 4) is 0 Å². The fourth-order valence-corrected chi connectivity index (χ4v) is 2.98. The highest BCUT2D eigenvalue weighted by molar-refractivity contribution is 9.10. The smallest absolute Gasteiger partial charge is 0.335 e. The van der Waals surface area contributed by atoms with Crippen molar-refractivity contribution in [1.82, 2.24) is 0 Å². The molecule has 4 heteroatoms. The van der Waals surface area contributed by atoms with Crippen LogP contribution in [0.2, 0.25) is 0 Å². The van der Waals surface area contributed by atoms with Crippen molar-refractivity contribution in [3.05, 3.63) is 33.8 Å². The van der Waals surface area contributed by atoms with Gasteiger partial charge in [0.2, 0.25) is 0 Å². The SMILES string of the molecule is O=C(O)c1ccc(COCC2CCCCC2)c(Br)c1. The summed E-state index contributed by atoms with van der Waals surface area (Å²) in [5.41, 5.74) is 1.30. The van der Waals surface area contributed by atoms with E-state index >= 15 is 0 Å². The number of benzene rings is 1. The highest BCUT2D eigenvalue weighted by Gasteiger charge is 2.13. The van der Waals surface area contributed by atoms with Crippen molar-refractivity contribution < 1.29 is 14.6 Å². The normalized spacial score (nSPS) is 16.5. The van der Waals surface area contributed by atoms with Crippen LogP contribution in [-0.2, 0) is 11.3 Å². The number of carboxylic acid groups (broad SMARTS) is 1. The van der Waals surface area contributed by atoms with E-state index < -0.39 is 5.97 Å². The van der Waals surface area contributed by atoms with Crippen molar-refractivity contribution in [3.63, 3.8) is 0 Å². The zero-order chi connectivity index (χ0) is 13.7. The number of hydrogen-bond acceptors (Lipinski definition) is 2. The Morgan fingerprint density at radius 3 is 2.68 bits per heavy atom. The summed E-state index contributed by atoms with van der Waals surface area (Å²) in [5.74, 6) is -0.207. The van der Waals surface area contributed by atoms with Gasteiger partial charge in [-0.15, -0.1) is 0 Å². The van der Waals surface area contributed by atoms with Crippen LogP contribution in [-0.4, -0.2) is 17.7 Å². The summed E-state index contributed by atoms with van der Waals surface area (Å²) in [7, 11) is 0. The molecule has 0 heterocycles. The van der Waals surface area contributed by atoms with Crippen molar-refractivity contribution in [2.45, 2.75) is 38.7 Å². The number of ether oxygens (including phenoxy) is 1. The molecule has 2 rings (SSSR count). The van der Waals surface area contributed by atoms with E-state index in [2.05, 4.69) is 15.9 Å². The lowest BCUT2D eigenvalue weighted by Crippen LogP contribution is -2.13. The third-order valence-electron chi connectivity index (χ3n) is 3.64. The number of halogens is 1. The van der Waals surface area contributed by atoms with Crippen LogP contribution in [0.25, 0.3) is 0 Å². The van der Waals surface area contributed by atoms with E-state index in [4.69, 9.17) is 9.84 Å². The predicted molar refractivity (Wildman–Crippen MR) is 77.3 cm³/mol. The molecule has 1 saturated carbocycles. The number of carboxylic acids is 1. The zero-order valence-electron chi connectivity index (χ0n) is 10.9. The first-order valence-corrected chi connectivity index (χ1v) is 7.55. The van der Waals surface area contributed by atoms with Gasteiger partial charge in [0.25, 0.3) is 0 Å². The van der Waals surface area contributed by atoms with Crippen molar-refractivity contribution in [1.29, 1.82) is 0 Å². The van der Waals surface area contributed by atoms with Crippen LogP contribution in [0.4, 0.5) is 0 Å². The van der Waals surface area contributed by atoms with E-state index in [-0.39, 0.29) is 0 Å². The van der Waals surface area contributed by atoms with Crippen molar-refractivity contribution >= 4 is 21.9 Å². The monoisotopic (exact) mass is 326 g/mol. The Kier molecular flexibility index (Phi) is 5.40. The molecule has 1 aromatic rings. The molecule has 1 N–H and O–H groups in total. The second-order valence-electron chi connectivity index (χ2n) is 5.13. The van der Waals surface area contributed by atoms with Gasteiger partial charge in [-0.05, 0) is 36.5 Å². The molecule has 104 valence electrons. The van der Waals surface area contributed by atoms with Crippen molar-refractivity contribution in [2.75, 3.05) is 6.61 Å². The summed E-state index contributed by atoms with van der Waals surface area (Å²) in [6, 6.07) is 5.06. The van der Waals surface area contributed by atoms with Gasteiger partial charge in [-0.2, -0.15) is 0 Å². The molecule has 19 heavy (non-hydrogen) atoms. The molecule has 0 radical (unpaired) electrons. The van der Waals surface area contributed by atoms with Gasteiger partial charge in [0.1, 0.15) is 0 Å². The van der Waals surface area contributed by atoms with Gasteiger partial charge >= 0.3 is 5.97 Å². The predicted octanol–water partition coefficient (Wildman–Crippen LogP) is 4.24. The largest absolute Gasteiger partial charge is 0.478 e. The molecule has 1 aliphatic rings. The molecule has 3 nitrogen and oxygen atoms in total. The Labute approximate surface area is 122 Å². The Morgan fingerprint density at radius 1 is 1.32 bits per heavy atom. The highest BCUT2D eigenvalue weighted by Crippen LogP contribution is 2.25. The maximum absolute atomic E-state index is 10.8. The molecule has 0 amide bonds. The minimum Gasteiger partial charge on any atom is -0.478 e. The van der Waals surface area contributed by atoms with E-state index in [1.54, 1.807) is 12.1 Å². The lowest BCUT2D eigenvalue weighted by Gasteiger charge is -2.21. The van der Waals surface area contributed by atoms with E-state index in [0.717, 1.165) is 16.6 Å². The number of rotatable bonds is 5. The lowest BCUT2D eigenvalue weighted by molar-refractivity contribution is 0.0694. The summed E-state index contributed by atoms with van der Waals surface area (Å²) in [5, 5.41) is 8.89. The lowest BCUT2D eigenvalue weighted by atomic mass is 9.90. The van der Waals surface area contributed by atoms with Crippen LogP contribution in [0.1, 0.15) is 48.0 Å². The van der Waals surface area contributed by atoms with E-state index in [1.165, 1.54) is 32.1 Å².